The van der Waals surface area contributed by atoms with Gasteiger partial charge in [-0.25, -0.2) is 9.97 Å². The molecule has 8 bridgehead atoms. The second kappa shape index (κ2) is 14.2. The summed E-state index contributed by atoms with van der Waals surface area (Å²) < 4.78 is 117. The molecule has 0 fully saturated rings. The first-order valence-corrected chi connectivity index (χ1v) is 10.5. The summed E-state index contributed by atoms with van der Waals surface area (Å²) in [5, 5.41) is 0. The molecule has 20 heteroatoms. The molecule has 5 rings (SSSR count). The van der Waals surface area contributed by atoms with E-state index in [0.29, 0.717) is 0 Å². The largest absolute Gasteiger partial charge is 3.00 e. The van der Waals surface area contributed by atoms with E-state index in [2.05, 4.69) is 44.2 Å². The number of halogens is 12. The zero-order chi connectivity index (χ0) is 29.4. The number of H-pyrrole nitrogens is 2. The van der Waals surface area contributed by atoms with Crippen molar-refractivity contribution in [3.63, 3.8) is 0 Å². The van der Waals surface area contributed by atoms with Gasteiger partial charge in [-0.15, -0.1) is 0 Å². The number of nitrogens with zero attached hydrogens (tertiary/aromatic N) is 2. The van der Waals surface area contributed by atoms with Gasteiger partial charge in [0.05, 0.1) is 22.8 Å². The van der Waals surface area contributed by atoms with Crippen LogP contribution in [-0.2, 0) is 0 Å². The van der Waals surface area contributed by atoms with E-state index in [4.69, 9.17) is 0 Å². The van der Waals surface area contributed by atoms with Gasteiger partial charge < -0.3 is 61.8 Å². The predicted molar refractivity (Wildman–Crippen MR) is 135 cm³/mol. The van der Waals surface area contributed by atoms with Crippen LogP contribution >= 0.6 is 0 Å². The van der Waals surface area contributed by atoms with Crippen molar-refractivity contribution in [1.82, 2.24) is 19.9 Å². The summed E-state index contributed by atoms with van der Waals surface area (Å²) >= 11 is 0. The van der Waals surface area contributed by atoms with Gasteiger partial charge in [0, 0.05) is 22.1 Å². The molecule has 0 radical (unpaired) electrons. The third-order valence-electron chi connectivity index (χ3n) is 4.04. The molecule has 0 amide bonds. The molecule has 0 saturated carbocycles. The van der Waals surface area contributed by atoms with Crippen molar-refractivity contribution < 1.29 is 51.8 Å². The van der Waals surface area contributed by atoms with Gasteiger partial charge in [0.15, 0.2) is 0 Å². The number of rotatable bonds is 0. The molecule has 2 aliphatic rings. The molecular formula is C20H14AlB3F12N4. The number of hydrogen-bond acceptors (Lipinski definition) is 2. The van der Waals surface area contributed by atoms with E-state index in [1.54, 1.807) is 0 Å². The fraction of sp³-hybridized carbons (Fsp3) is 0. The molecule has 0 aromatic carbocycles. The van der Waals surface area contributed by atoms with Crippen LogP contribution in [0.3, 0.4) is 0 Å². The Bertz CT molecular complexity index is 1260. The molecule has 0 saturated heterocycles. The van der Waals surface area contributed by atoms with Crippen LogP contribution in [-0.4, -0.2) is 59.1 Å². The normalized spacial score (nSPS) is 12.1. The van der Waals surface area contributed by atoms with Crippen molar-refractivity contribution in [1.29, 1.82) is 0 Å². The number of nitrogens with one attached hydrogen (secondary N) is 2. The average molecular weight is 598 g/mol. The topological polar surface area (TPSA) is 57.4 Å². The van der Waals surface area contributed by atoms with E-state index in [9.17, 15) is 51.8 Å². The molecule has 210 valence electrons. The first kappa shape index (κ1) is 34.5. The Morgan fingerprint density at radius 2 is 0.575 bits per heavy atom. The second-order valence-electron chi connectivity index (χ2n) is 7.39. The van der Waals surface area contributed by atoms with Gasteiger partial charge in [-0.1, -0.05) is 0 Å². The van der Waals surface area contributed by atoms with Gasteiger partial charge >= 0.3 is 39.1 Å². The first-order chi connectivity index (χ1) is 17.8. The summed E-state index contributed by atoms with van der Waals surface area (Å²) in [6.07, 6.45) is 8.09. The molecule has 40 heavy (non-hydrogen) atoms. The molecule has 3 aromatic heterocycles. The first-order valence-electron chi connectivity index (χ1n) is 10.5. The molecule has 5 heterocycles. The molecule has 0 spiro atoms. The van der Waals surface area contributed by atoms with Crippen LogP contribution in [0.4, 0.5) is 51.8 Å². The Hall–Kier alpha value is -3.51. The minimum Gasteiger partial charge on any atom is -0.418 e. The maximum Gasteiger partial charge on any atom is 3.00 e. The zero-order valence-electron chi connectivity index (χ0n) is 19.7. The summed E-state index contributed by atoms with van der Waals surface area (Å²) in [4.78, 5) is 16.0. The molecule has 2 aliphatic heterocycles. The van der Waals surface area contributed by atoms with Crippen molar-refractivity contribution >= 4 is 85.5 Å². The molecule has 0 unspecified atom stereocenters. The fourth-order valence-corrected chi connectivity index (χ4v) is 2.94. The van der Waals surface area contributed by atoms with Crippen LogP contribution in [0.25, 0.3) is 46.4 Å². The van der Waals surface area contributed by atoms with Gasteiger partial charge in [-0.2, -0.15) is 0 Å². The summed E-state index contributed by atoms with van der Waals surface area (Å²) in [5.41, 5.74) is 7.86. The minimum absolute atomic E-state index is 0. The Labute approximate surface area is 228 Å². The van der Waals surface area contributed by atoms with Gasteiger partial charge in [-0.05, 0) is 72.8 Å². The summed E-state index contributed by atoms with van der Waals surface area (Å²) in [5.74, 6) is 0. The quantitative estimate of drug-likeness (QED) is 0.140. The monoisotopic (exact) mass is 598 g/mol. The standard InChI is InChI=1S/C20H14N4.Al.3BF4/c1-2-14-10-16-5-6-18(23-16)12-20-8-7-19(24-20)11-17-4-3-15(22-17)9-13(1)21-14;;3*2-1(3,4)5/h1-12,21,24H;;;;/q;+3;3*-1. The Morgan fingerprint density at radius 3 is 0.750 bits per heavy atom. The van der Waals surface area contributed by atoms with E-state index in [0.717, 1.165) is 44.8 Å². The maximum absolute atomic E-state index is 9.75. The van der Waals surface area contributed by atoms with Crippen LogP contribution in [0.2, 0.25) is 0 Å². The van der Waals surface area contributed by atoms with E-state index in [-0.39, 0.29) is 17.4 Å². The van der Waals surface area contributed by atoms with Gasteiger partial charge in [0.2, 0.25) is 0 Å². The van der Waals surface area contributed by atoms with Gasteiger partial charge in [0.1, 0.15) is 0 Å². The summed E-state index contributed by atoms with van der Waals surface area (Å²) in [7, 11) is -18.0. The number of fused-ring (bicyclic) bond motifs is 8. The van der Waals surface area contributed by atoms with E-state index in [1.165, 1.54) is 0 Å². The van der Waals surface area contributed by atoms with Crippen LogP contribution in [0.1, 0.15) is 22.8 Å². The summed E-state index contributed by atoms with van der Waals surface area (Å²) in [6.45, 7) is 0. The van der Waals surface area contributed by atoms with Crippen LogP contribution in [0.15, 0.2) is 48.5 Å². The molecule has 4 nitrogen and oxygen atoms in total. The minimum atomic E-state index is -6.00. The molecule has 0 atom stereocenters. The average Bonchev–Trinajstić information content (AvgIpc) is 3.50. The third-order valence-corrected chi connectivity index (χ3v) is 4.04. The molecule has 2 N–H and O–H groups in total. The van der Waals surface area contributed by atoms with Crippen LogP contribution < -0.4 is 0 Å². The SMILES string of the molecule is C1=Cc2cc3ccc(cc4nc(cc5ccc(cc1n2)[nH]5)C=C4)[nH]3.F[B-](F)(F)F.F[B-](F)(F)F.F[B-](F)(F)F.[Al+3]. The molecular weight excluding hydrogens is 584 g/mol. The third kappa shape index (κ3) is 16.4. The van der Waals surface area contributed by atoms with Crippen molar-refractivity contribution in [2.45, 2.75) is 0 Å². The zero-order valence-corrected chi connectivity index (χ0v) is 20.8. The van der Waals surface area contributed by atoms with Gasteiger partial charge in [-0.3, -0.25) is 0 Å². The Balaban J connectivity index is 0.000000419. The van der Waals surface area contributed by atoms with E-state index < -0.39 is 21.8 Å². The number of aromatic amines is 2. The van der Waals surface area contributed by atoms with Crippen molar-refractivity contribution in [3.05, 3.63) is 71.3 Å². The Kier molecular flexibility index (Phi) is 12.3. The fourth-order valence-electron chi connectivity index (χ4n) is 2.94. The smallest absolute Gasteiger partial charge is 0.418 e. The van der Waals surface area contributed by atoms with E-state index in [1.807, 2.05) is 48.6 Å². The number of hydrogen-bond donors (Lipinski definition) is 2. The van der Waals surface area contributed by atoms with Crippen molar-refractivity contribution in [2.24, 2.45) is 0 Å². The van der Waals surface area contributed by atoms with Crippen molar-refractivity contribution in [2.75, 3.05) is 0 Å². The van der Waals surface area contributed by atoms with Gasteiger partial charge in [0.25, 0.3) is 0 Å². The van der Waals surface area contributed by atoms with Crippen molar-refractivity contribution in [3.8, 4) is 0 Å². The Morgan fingerprint density at radius 1 is 0.400 bits per heavy atom. The summed E-state index contributed by atoms with van der Waals surface area (Å²) in [6, 6.07) is 16.4. The number of aromatic nitrogens is 4. The molecule has 0 aliphatic carbocycles. The van der Waals surface area contributed by atoms with Crippen LogP contribution in [0, 0.1) is 0 Å². The maximum atomic E-state index is 9.75. The van der Waals surface area contributed by atoms with Crippen LogP contribution in [0.5, 0.6) is 0 Å². The second-order valence-corrected chi connectivity index (χ2v) is 7.39. The molecule has 3 aromatic rings. The van der Waals surface area contributed by atoms with E-state index >= 15 is 0 Å². The predicted octanol–water partition coefficient (Wildman–Crippen LogP) is 8.17.